The number of hydrogen-bond donors (Lipinski definition) is 1. The smallest absolute Gasteiger partial charge is 0.225 e. The minimum absolute atomic E-state index is 0. The number of aromatic nitrogens is 2. The molecule has 0 bridgehead atoms. The lowest BCUT2D eigenvalue weighted by Gasteiger charge is -2.32. The second kappa shape index (κ2) is 8.73. The fourth-order valence-electron chi connectivity index (χ4n) is 2.48. The Bertz CT molecular complexity index is 445. The van der Waals surface area contributed by atoms with Gasteiger partial charge in [-0.15, -0.1) is 12.4 Å². The van der Waals surface area contributed by atoms with Crippen LogP contribution in [0.2, 0.25) is 0 Å². The first-order valence-corrected chi connectivity index (χ1v) is 7.63. The van der Waals surface area contributed by atoms with Crippen LogP contribution in [0.25, 0.3) is 0 Å². The fourth-order valence-corrected chi connectivity index (χ4v) is 2.78. The van der Waals surface area contributed by atoms with Crippen molar-refractivity contribution in [3.8, 4) is 0 Å². The Labute approximate surface area is 139 Å². The molecule has 2 N–H and O–H groups in total. The number of piperidine rings is 1. The second-order valence-corrected chi connectivity index (χ2v) is 5.96. The minimum atomic E-state index is -0.178. The maximum atomic E-state index is 12.1. The Hall–Kier alpha value is -0.630. The van der Waals surface area contributed by atoms with Crippen LogP contribution in [0.15, 0.2) is 16.9 Å². The van der Waals surface area contributed by atoms with Crippen molar-refractivity contribution in [3.05, 3.63) is 16.9 Å². The van der Waals surface area contributed by atoms with Gasteiger partial charge in [-0.05, 0) is 28.8 Å². The Balaban J connectivity index is 0.00000220. The Kier molecular flexibility index (Phi) is 7.65. The van der Waals surface area contributed by atoms with Crippen LogP contribution in [0.3, 0.4) is 0 Å². The topological polar surface area (TPSA) is 73.4 Å². The van der Waals surface area contributed by atoms with Crippen LogP contribution in [-0.4, -0.2) is 53.4 Å². The van der Waals surface area contributed by atoms with Gasteiger partial charge in [0.15, 0.2) is 0 Å². The zero-order valence-corrected chi connectivity index (χ0v) is 14.5. The number of ether oxygens (including phenoxy) is 1. The van der Waals surface area contributed by atoms with Gasteiger partial charge >= 0.3 is 0 Å². The molecule has 1 amide bonds. The summed E-state index contributed by atoms with van der Waals surface area (Å²) in [5, 5.41) is 4.31. The van der Waals surface area contributed by atoms with E-state index < -0.39 is 0 Å². The maximum Gasteiger partial charge on any atom is 0.225 e. The van der Waals surface area contributed by atoms with Crippen molar-refractivity contribution in [2.45, 2.75) is 31.4 Å². The van der Waals surface area contributed by atoms with Gasteiger partial charge in [-0.3, -0.25) is 9.48 Å². The number of halogens is 2. The molecular formula is C13H22BrClN4O2. The van der Waals surface area contributed by atoms with Crippen LogP contribution in [-0.2, 0) is 9.53 Å². The first-order valence-electron chi connectivity index (χ1n) is 6.84. The van der Waals surface area contributed by atoms with E-state index in [-0.39, 0.29) is 24.4 Å². The van der Waals surface area contributed by atoms with Crippen molar-refractivity contribution >= 4 is 34.2 Å². The highest BCUT2D eigenvalue weighted by atomic mass is 79.9. The highest BCUT2D eigenvalue weighted by Gasteiger charge is 2.25. The van der Waals surface area contributed by atoms with Gasteiger partial charge in [0.1, 0.15) is 0 Å². The van der Waals surface area contributed by atoms with Crippen LogP contribution in [0, 0.1) is 0 Å². The SMILES string of the molecule is COC(CN)CC(=O)N1CCC(n2cc(Br)cn2)CC1.Cl. The molecule has 120 valence electrons. The highest BCUT2D eigenvalue weighted by molar-refractivity contribution is 9.10. The van der Waals surface area contributed by atoms with E-state index in [1.165, 1.54) is 0 Å². The summed E-state index contributed by atoms with van der Waals surface area (Å²) in [6, 6.07) is 0.373. The number of nitrogens with zero attached hydrogens (tertiary/aromatic N) is 3. The minimum Gasteiger partial charge on any atom is -0.380 e. The third kappa shape index (κ3) is 4.95. The number of amides is 1. The predicted molar refractivity (Wildman–Crippen MR) is 86.5 cm³/mol. The van der Waals surface area contributed by atoms with E-state index in [2.05, 4.69) is 21.0 Å². The summed E-state index contributed by atoms with van der Waals surface area (Å²) in [4.78, 5) is 14.0. The molecule has 0 spiro atoms. The van der Waals surface area contributed by atoms with E-state index in [1.54, 1.807) is 13.3 Å². The summed E-state index contributed by atoms with van der Waals surface area (Å²) in [6.07, 6.45) is 5.83. The van der Waals surface area contributed by atoms with Crippen LogP contribution in [0.4, 0.5) is 0 Å². The summed E-state index contributed by atoms with van der Waals surface area (Å²) in [5.74, 6) is 0.127. The number of carbonyl (C=O) groups excluding carboxylic acids is 1. The molecule has 0 saturated carbocycles. The van der Waals surface area contributed by atoms with Gasteiger partial charge in [0.05, 0.1) is 29.2 Å². The average molecular weight is 382 g/mol. The molecule has 1 aromatic rings. The first kappa shape index (κ1) is 18.4. The molecule has 1 aliphatic heterocycles. The lowest BCUT2D eigenvalue weighted by molar-refractivity contribution is -0.135. The molecule has 2 rings (SSSR count). The third-order valence-corrected chi connectivity index (χ3v) is 4.17. The standard InChI is InChI=1S/C13H21BrN4O2.ClH/c1-20-12(7-15)6-13(19)17-4-2-11(3-5-17)18-9-10(14)8-16-18;/h8-9,11-12H,2-7,15H2,1H3;1H. The van der Waals surface area contributed by atoms with Crippen molar-refractivity contribution in [3.63, 3.8) is 0 Å². The molecule has 0 aliphatic carbocycles. The lowest BCUT2D eigenvalue weighted by Crippen LogP contribution is -2.41. The van der Waals surface area contributed by atoms with Gasteiger partial charge in [0.2, 0.25) is 5.91 Å². The predicted octanol–water partition coefficient (Wildman–Crippen LogP) is 1.59. The molecule has 6 nitrogen and oxygen atoms in total. The van der Waals surface area contributed by atoms with Crippen LogP contribution in [0.5, 0.6) is 0 Å². The Morgan fingerprint density at radius 2 is 2.24 bits per heavy atom. The van der Waals surface area contributed by atoms with Gasteiger partial charge in [0, 0.05) is 32.9 Å². The molecule has 8 heteroatoms. The van der Waals surface area contributed by atoms with Crippen molar-refractivity contribution in [1.82, 2.24) is 14.7 Å². The maximum absolute atomic E-state index is 12.1. The van der Waals surface area contributed by atoms with Crippen molar-refractivity contribution < 1.29 is 9.53 Å². The van der Waals surface area contributed by atoms with Gasteiger partial charge in [0.25, 0.3) is 0 Å². The van der Waals surface area contributed by atoms with Crippen LogP contribution >= 0.6 is 28.3 Å². The Morgan fingerprint density at radius 1 is 1.57 bits per heavy atom. The van der Waals surface area contributed by atoms with Crippen LogP contribution in [0.1, 0.15) is 25.3 Å². The molecule has 1 unspecified atom stereocenters. The van der Waals surface area contributed by atoms with E-state index >= 15 is 0 Å². The molecule has 21 heavy (non-hydrogen) atoms. The largest absolute Gasteiger partial charge is 0.380 e. The number of nitrogens with two attached hydrogens (primary N) is 1. The van der Waals surface area contributed by atoms with Crippen LogP contribution < -0.4 is 5.73 Å². The third-order valence-electron chi connectivity index (χ3n) is 3.76. The molecular weight excluding hydrogens is 360 g/mol. The van der Waals surface area contributed by atoms with Gasteiger partial charge in [-0.2, -0.15) is 5.10 Å². The van der Waals surface area contributed by atoms with Crippen molar-refractivity contribution in [1.29, 1.82) is 0 Å². The molecule has 0 aromatic carbocycles. The van der Waals surface area contributed by atoms with Gasteiger partial charge in [-0.25, -0.2) is 0 Å². The second-order valence-electron chi connectivity index (χ2n) is 5.05. The summed E-state index contributed by atoms with van der Waals surface area (Å²) < 4.78 is 8.13. The summed E-state index contributed by atoms with van der Waals surface area (Å²) >= 11 is 3.40. The highest BCUT2D eigenvalue weighted by Crippen LogP contribution is 2.23. The quantitative estimate of drug-likeness (QED) is 0.840. The first-order chi connectivity index (χ1) is 9.63. The van der Waals surface area contributed by atoms with E-state index in [1.807, 2.05) is 15.8 Å². The fraction of sp³-hybridized carbons (Fsp3) is 0.692. The van der Waals surface area contributed by atoms with Gasteiger partial charge < -0.3 is 15.4 Å². The summed E-state index contributed by atoms with van der Waals surface area (Å²) in [5.41, 5.74) is 5.55. The number of hydrogen-bond acceptors (Lipinski definition) is 4. The number of likely N-dealkylation sites (tertiary alicyclic amines) is 1. The molecule has 2 heterocycles. The zero-order chi connectivity index (χ0) is 14.5. The number of methoxy groups -OCH3 is 1. The molecule has 1 fully saturated rings. The van der Waals surface area contributed by atoms with E-state index in [0.717, 1.165) is 30.4 Å². The molecule has 0 radical (unpaired) electrons. The summed E-state index contributed by atoms with van der Waals surface area (Å²) in [7, 11) is 1.59. The normalized spacial score (nSPS) is 17.4. The summed E-state index contributed by atoms with van der Waals surface area (Å²) in [6.45, 7) is 1.91. The molecule has 1 aliphatic rings. The van der Waals surface area contributed by atoms with E-state index in [9.17, 15) is 4.79 Å². The lowest BCUT2D eigenvalue weighted by atomic mass is 10.0. The Morgan fingerprint density at radius 3 is 2.71 bits per heavy atom. The molecule has 1 aromatic heterocycles. The van der Waals surface area contributed by atoms with Crippen molar-refractivity contribution in [2.24, 2.45) is 5.73 Å². The zero-order valence-electron chi connectivity index (χ0n) is 12.1. The van der Waals surface area contributed by atoms with Gasteiger partial charge in [-0.1, -0.05) is 0 Å². The molecule has 1 saturated heterocycles. The van der Waals surface area contributed by atoms with E-state index in [4.69, 9.17) is 10.5 Å². The molecule has 1 atom stereocenters. The number of carbonyl (C=O) groups is 1. The van der Waals surface area contributed by atoms with Crippen molar-refractivity contribution in [2.75, 3.05) is 26.7 Å². The monoisotopic (exact) mass is 380 g/mol. The number of rotatable bonds is 5. The average Bonchev–Trinajstić information content (AvgIpc) is 2.91. The van der Waals surface area contributed by atoms with E-state index in [0.29, 0.717) is 19.0 Å².